The molecule has 10 aromatic carbocycles. The van der Waals surface area contributed by atoms with E-state index in [9.17, 15) is 0 Å². The Bertz CT molecular complexity index is 3900. The summed E-state index contributed by atoms with van der Waals surface area (Å²) in [4.78, 5) is 0. The average Bonchev–Trinajstić information content (AvgIpc) is 4.11. The monoisotopic (exact) mass is 930 g/mol. The number of hydrogen-bond acceptors (Lipinski definition) is 6. The zero-order valence-electron chi connectivity index (χ0n) is 36.7. The van der Waals surface area contributed by atoms with E-state index in [-0.39, 0.29) is 20.1 Å². The van der Waals surface area contributed by atoms with E-state index in [1.54, 1.807) is 0 Å². The third kappa shape index (κ3) is 5.35. The Morgan fingerprint density at radius 2 is 0.507 bits per heavy atom. The van der Waals surface area contributed by atoms with Gasteiger partial charge in [-0.05, 0) is 68.9 Å². The molecule has 9 heteroatoms. The smallest absolute Gasteiger partial charge is 0.257 e. The molecule has 3 aromatic heterocycles. The van der Waals surface area contributed by atoms with Crippen LogP contribution in [0.1, 0.15) is 0 Å². The molecule has 16 rings (SSSR count). The molecule has 0 spiro atoms. The normalized spacial score (nSPS) is 13.5. The second-order valence-electron chi connectivity index (χ2n) is 18.4. The maximum absolute atomic E-state index is 7.59. The fraction of sp³-hybridized carbons (Fsp3) is 0. The lowest BCUT2D eigenvalue weighted by Crippen LogP contribution is -2.66. The third-order valence-corrected chi connectivity index (χ3v) is 18.6. The highest BCUT2D eigenvalue weighted by atomic mass is 32.1. The van der Waals surface area contributed by atoms with Gasteiger partial charge in [0.25, 0.3) is 20.1 Å². The van der Waals surface area contributed by atoms with Crippen LogP contribution >= 0.6 is 34.0 Å². The Morgan fingerprint density at radius 1 is 0.246 bits per heavy atom. The van der Waals surface area contributed by atoms with Gasteiger partial charge in [0.2, 0.25) is 0 Å². The van der Waals surface area contributed by atoms with E-state index >= 15 is 0 Å². The van der Waals surface area contributed by atoms with Gasteiger partial charge in [0.15, 0.2) is 0 Å². The van der Waals surface area contributed by atoms with Gasteiger partial charge in [-0.15, -0.1) is 34.0 Å². The molecular weight excluding hydrogens is 897 g/mol. The lowest BCUT2D eigenvalue weighted by Gasteiger charge is -2.39. The van der Waals surface area contributed by atoms with Crippen molar-refractivity contribution in [3.05, 3.63) is 200 Å². The van der Waals surface area contributed by atoms with Gasteiger partial charge in [0, 0.05) is 60.7 Å². The average molecular weight is 931 g/mol. The van der Waals surface area contributed by atoms with Crippen molar-refractivity contribution in [2.75, 3.05) is 0 Å². The van der Waals surface area contributed by atoms with E-state index in [1.807, 2.05) is 34.0 Å². The number of benzene rings is 10. The summed E-state index contributed by atoms with van der Waals surface area (Å²) in [7, 11) is 0. The van der Waals surface area contributed by atoms with Crippen molar-refractivity contribution in [3.8, 4) is 34.5 Å². The minimum Gasteiger partial charge on any atom is -0.459 e. The Morgan fingerprint density at radius 3 is 0.841 bits per heavy atom. The van der Waals surface area contributed by atoms with E-state index in [0.717, 1.165) is 67.3 Å². The summed E-state index contributed by atoms with van der Waals surface area (Å²) in [5.41, 5.74) is 10.1. The molecule has 0 radical (unpaired) electrons. The molecule has 6 heterocycles. The Hall–Kier alpha value is -7.55. The quantitative estimate of drug-likeness (QED) is 0.165. The zero-order chi connectivity index (χ0) is 44.9. The SMILES string of the molecule is c1ccc2c(c1)Oc1c(c3c(c4c1B(c1cccc5c1sc1ccccc15)c1ccccc1O4)B(c1cccc4c1sc1ccccc14)c1ccccc1O3)B2c1cccc2c1sc1ccccc12. The number of ether oxygens (including phenoxy) is 3. The minimum absolute atomic E-state index is 0.246. The largest absolute Gasteiger partial charge is 0.459 e. The first-order valence-electron chi connectivity index (χ1n) is 23.5. The van der Waals surface area contributed by atoms with Gasteiger partial charge in [0.05, 0.1) is 0 Å². The second kappa shape index (κ2) is 14.5. The van der Waals surface area contributed by atoms with Crippen LogP contribution in [0.15, 0.2) is 200 Å². The van der Waals surface area contributed by atoms with Crippen molar-refractivity contribution in [1.29, 1.82) is 0 Å². The molecule has 0 unspecified atom stereocenters. The second-order valence-corrected chi connectivity index (χ2v) is 21.6. The van der Waals surface area contributed by atoms with Gasteiger partial charge in [-0.1, -0.05) is 180 Å². The first-order chi connectivity index (χ1) is 34.2. The number of hydrogen-bond donors (Lipinski definition) is 0. The fourth-order valence-corrected chi connectivity index (χ4v) is 15.8. The molecule has 69 heavy (non-hydrogen) atoms. The zero-order valence-corrected chi connectivity index (χ0v) is 39.2. The van der Waals surface area contributed by atoms with Crippen LogP contribution in [0.25, 0.3) is 60.5 Å². The van der Waals surface area contributed by atoms with Crippen molar-refractivity contribution < 1.29 is 14.2 Å². The number of fused-ring (bicyclic) bond motifs is 18. The molecule has 3 nitrogen and oxygen atoms in total. The molecule has 0 N–H and O–H groups in total. The van der Waals surface area contributed by atoms with Crippen LogP contribution in [0.4, 0.5) is 0 Å². The van der Waals surface area contributed by atoms with Crippen LogP contribution in [0, 0.1) is 0 Å². The summed E-state index contributed by atoms with van der Waals surface area (Å²) in [6.45, 7) is -0.737. The molecule has 0 amide bonds. The fourth-order valence-electron chi connectivity index (χ4n) is 12.1. The van der Waals surface area contributed by atoms with Gasteiger partial charge in [-0.3, -0.25) is 0 Å². The van der Waals surface area contributed by atoms with Crippen LogP contribution in [0.3, 0.4) is 0 Å². The first kappa shape index (κ1) is 38.4. The topological polar surface area (TPSA) is 27.7 Å². The van der Waals surface area contributed by atoms with E-state index in [0.29, 0.717) is 0 Å². The molecule has 0 fully saturated rings. The minimum atomic E-state index is -0.246. The standard InChI is InChI=1S/C60H33B3O3S3/c1-10-31-49-34(16-1)37-19-13-25-43(58(37)67-49)61-40-22-4-7-28-46(40)64-55-52(61)56-54(62(41-23-5-8-29-47(41)65-56)44-26-14-20-38-35-17-2-11-32-50(35)68-59(38)44)57-53(55)63(42-24-6-9-30-48(42)66-57)45-27-15-21-39-36-18-3-12-33-51(36)69-60(39)45/h1-33H. The highest BCUT2D eigenvalue weighted by molar-refractivity contribution is 7.29. The molecule has 0 atom stereocenters. The van der Waals surface area contributed by atoms with Crippen molar-refractivity contribution in [2.24, 2.45) is 0 Å². The Balaban J connectivity index is 1.09. The lowest BCUT2D eigenvalue weighted by atomic mass is 9.28. The molecule has 0 saturated carbocycles. The van der Waals surface area contributed by atoms with E-state index in [2.05, 4.69) is 200 Å². The third-order valence-electron chi connectivity index (χ3n) is 14.9. The summed E-state index contributed by atoms with van der Waals surface area (Å²) < 4.78 is 30.4. The number of rotatable bonds is 3. The molecule has 13 aromatic rings. The molecule has 0 saturated heterocycles. The number of thiophene rings is 3. The van der Waals surface area contributed by atoms with Crippen molar-refractivity contribution >= 4 is 164 Å². The van der Waals surface area contributed by atoms with Crippen LogP contribution in [-0.4, -0.2) is 20.1 Å². The van der Waals surface area contributed by atoms with Crippen LogP contribution in [0.2, 0.25) is 0 Å². The lowest BCUT2D eigenvalue weighted by molar-refractivity contribution is 0.453. The van der Waals surface area contributed by atoms with Gasteiger partial charge < -0.3 is 14.2 Å². The molecular formula is C60H33B3O3S3. The molecule has 0 aliphatic carbocycles. The van der Waals surface area contributed by atoms with Gasteiger partial charge in [-0.25, -0.2) is 0 Å². The van der Waals surface area contributed by atoms with E-state index in [4.69, 9.17) is 14.2 Å². The van der Waals surface area contributed by atoms with Crippen LogP contribution < -0.4 is 63.4 Å². The van der Waals surface area contributed by atoms with Crippen molar-refractivity contribution in [3.63, 3.8) is 0 Å². The summed E-state index contributed by atoms with van der Waals surface area (Å²) in [5.74, 6) is 4.95. The van der Waals surface area contributed by atoms with Gasteiger partial charge in [-0.2, -0.15) is 0 Å². The van der Waals surface area contributed by atoms with E-state index in [1.165, 1.54) is 76.9 Å². The molecule has 0 bridgehead atoms. The first-order valence-corrected chi connectivity index (χ1v) is 25.9. The summed E-state index contributed by atoms with van der Waals surface area (Å²) in [6.07, 6.45) is 0. The predicted octanol–water partition coefficient (Wildman–Crippen LogP) is 10.7. The van der Waals surface area contributed by atoms with Gasteiger partial charge >= 0.3 is 0 Å². The van der Waals surface area contributed by atoms with Crippen LogP contribution in [0.5, 0.6) is 34.5 Å². The molecule has 3 aliphatic heterocycles. The highest BCUT2D eigenvalue weighted by Gasteiger charge is 2.50. The Labute approximate surface area is 410 Å². The summed E-state index contributed by atoms with van der Waals surface area (Å²) in [5, 5.41) is 7.61. The van der Waals surface area contributed by atoms with Crippen LogP contribution in [-0.2, 0) is 0 Å². The molecule has 318 valence electrons. The van der Waals surface area contributed by atoms with Crippen molar-refractivity contribution in [2.45, 2.75) is 0 Å². The van der Waals surface area contributed by atoms with E-state index < -0.39 is 0 Å². The van der Waals surface area contributed by atoms with Crippen molar-refractivity contribution in [1.82, 2.24) is 0 Å². The summed E-state index contributed by atoms with van der Waals surface area (Å²) >= 11 is 5.62. The maximum atomic E-state index is 7.59. The maximum Gasteiger partial charge on any atom is 0.257 e. The number of para-hydroxylation sites is 3. The molecule has 3 aliphatic rings. The van der Waals surface area contributed by atoms with Gasteiger partial charge in [0.1, 0.15) is 34.5 Å². The summed E-state index contributed by atoms with van der Waals surface area (Å²) in [6, 6.07) is 73.0. The Kier molecular flexibility index (Phi) is 8.07. The predicted molar refractivity (Wildman–Crippen MR) is 298 cm³/mol. The highest BCUT2D eigenvalue weighted by Crippen LogP contribution is 2.42.